The number of amidine groups is 2. The van der Waals surface area contributed by atoms with Crippen LogP contribution < -0.4 is 20.3 Å². The molecule has 0 aliphatic heterocycles. The van der Waals surface area contributed by atoms with E-state index in [2.05, 4.69) is 41.5 Å². The van der Waals surface area contributed by atoms with Crippen LogP contribution >= 0.6 is 0 Å². The lowest BCUT2D eigenvalue weighted by Crippen LogP contribution is -2.02. The number of hydrazone groups is 2. The van der Waals surface area contributed by atoms with Gasteiger partial charge in [0.25, 0.3) is 11.4 Å². The number of nitro benzene ring substituents is 2. The van der Waals surface area contributed by atoms with Crippen molar-refractivity contribution in [2.75, 3.05) is 25.1 Å². The zero-order valence-electron chi connectivity index (χ0n) is 29.9. The third-order valence-corrected chi connectivity index (χ3v) is 7.98. The molecule has 0 fully saturated rings. The molecule has 0 unspecified atom stereocenters. The Kier molecular flexibility index (Phi) is 12.1. The maximum Gasteiger partial charge on any atom is 0.269 e. The molecule has 16 heteroatoms. The predicted molar refractivity (Wildman–Crippen MR) is 213 cm³/mol. The fourth-order valence-electron chi connectivity index (χ4n) is 5.16. The first kappa shape index (κ1) is 37.6. The van der Waals surface area contributed by atoms with E-state index in [-0.39, 0.29) is 23.0 Å². The summed E-state index contributed by atoms with van der Waals surface area (Å²) in [5, 5.41) is 48.1. The minimum Gasteiger partial charge on any atom is -0.496 e. The second kappa shape index (κ2) is 18.1. The average molecular weight is 749 g/mol. The van der Waals surface area contributed by atoms with Gasteiger partial charge in [-0.15, -0.1) is 20.5 Å². The van der Waals surface area contributed by atoms with E-state index in [1.165, 1.54) is 48.5 Å². The molecule has 0 aliphatic rings. The molecule has 2 N–H and O–H groups in total. The SMILES string of the molecule is COc1cc(N/N=C(\N=Nc2ccc([N+](=O)[O-])cc2)c2ccccc2)ccc1-c1ccc(N/N=C(\N=Nc2ccc([N+](=O)[O-])cc2)c2ccccc2)cc1OC. The third kappa shape index (κ3) is 9.64. The molecular formula is C40H32N10O6. The maximum atomic E-state index is 11.0. The van der Waals surface area contributed by atoms with Crippen molar-refractivity contribution in [3.8, 4) is 22.6 Å². The average Bonchev–Trinajstić information content (AvgIpc) is 3.24. The van der Waals surface area contributed by atoms with Gasteiger partial charge >= 0.3 is 0 Å². The lowest BCUT2D eigenvalue weighted by atomic mass is 10.0. The van der Waals surface area contributed by atoms with Crippen LogP contribution in [-0.2, 0) is 0 Å². The summed E-state index contributed by atoms with van der Waals surface area (Å²) in [6.07, 6.45) is 0. The zero-order valence-corrected chi connectivity index (χ0v) is 29.9. The molecule has 6 aromatic rings. The monoisotopic (exact) mass is 748 g/mol. The van der Waals surface area contributed by atoms with Gasteiger partial charge in [0.1, 0.15) is 11.5 Å². The van der Waals surface area contributed by atoms with E-state index in [1.54, 1.807) is 26.4 Å². The summed E-state index contributed by atoms with van der Waals surface area (Å²) >= 11 is 0. The van der Waals surface area contributed by atoms with Crippen LogP contribution in [0.25, 0.3) is 11.1 Å². The number of non-ortho nitro benzene ring substituents is 2. The number of azo groups is 2. The van der Waals surface area contributed by atoms with Gasteiger partial charge in [0, 0.05) is 58.7 Å². The second-order valence-corrected chi connectivity index (χ2v) is 11.6. The molecule has 0 saturated heterocycles. The molecule has 0 heterocycles. The second-order valence-electron chi connectivity index (χ2n) is 11.6. The van der Waals surface area contributed by atoms with Crippen molar-refractivity contribution < 1.29 is 19.3 Å². The highest BCUT2D eigenvalue weighted by Gasteiger charge is 2.14. The molecule has 0 aliphatic carbocycles. The van der Waals surface area contributed by atoms with E-state index in [0.717, 1.165) is 11.1 Å². The van der Waals surface area contributed by atoms with Gasteiger partial charge in [-0.2, -0.15) is 10.2 Å². The van der Waals surface area contributed by atoms with E-state index >= 15 is 0 Å². The minimum atomic E-state index is -0.479. The molecule has 0 saturated carbocycles. The summed E-state index contributed by atoms with van der Waals surface area (Å²) in [6.45, 7) is 0. The van der Waals surface area contributed by atoms with Crippen LogP contribution in [0.4, 0.5) is 34.1 Å². The first-order chi connectivity index (χ1) is 27.3. The standard InChI is InChI=1S/C40H32N10O6/c1-55-37-25-31(43-47-39(27-9-5-3-6-10-27)45-41-29-13-19-33(20-14-29)49(51)52)17-23-35(37)36-24-18-32(26-38(36)56-2)44-48-40(28-11-7-4-8-12-28)46-42-30-15-21-34(22-16-30)50(53)54/h3-26,43-44H,1-2H3/b45-41?,46-42?,47-39-,48-40-. The van der Waals surface area contributed by atoms with Gasteiger partial charge in [0.05, 0.1) is 46.8 Å². The Morgan fingerprint density at radius 1 is 0.518 bits per heavy atom. The number of ether oxygens (including phenoxy) is 2. The van der Waals surface area contributed by atoms with Gasteiger partial charge in [-0.3, -0.25) is 31.1 Å². The largest absolute Gasteiger partial charge is 0.496 e. The summed E-state index contributed by atoms with van der Waals surface area (Å²) in [5.74, 6) is 1.63. The van der Waals surface area contributed by atoms with Crippen LogP contribution in [0.2, 0.25) is 0 Å². The number of hydrogen-bond donors (Lipinski definition) is 2. The normalized spacial score (nSPS) is 11.8. The fraction of sp³-hybridized carbons (Fsp3) is 0.0500. The highest BCUT2D eigenvalue weighted by Crippen LogP contribution is 2.39. The Bertz CT molecular complexity index is 2270. The molecule has 6 rings (SSSR count). The molecule has 56 heavy (non-hydrogen) atoms. The lowest BCUT2D eigenvalue weighted by molar-refractivity contribution is -0.385. The van der Waals surface area contributed by atoms with Crippen molar-refractivity contribution in [2.24, 2.45) is 30.7 Å². The van der Waals surface area contributed by atoms with Crippen LogP contribution in [-0.4, -0.2) is 35.7 Å². The summed E-state index contributed by atoms with van der Waals surface area (Å²) in [5.41, 5.74) is 10.9. The van der Waals surface area contributed by atoms with Crippen LogP contribution in [0.3, 0.4) is 0 Å². The molecule has 0 bridgehead atoms. The first-order valence-electron chi connectivity index (χ1n) is 16.8. The topological polar surface area (TPSA) is 203 Å². The Morgan fingerprint density at radius 3 is 1.23 bits per heavy atom. The summed E-state index contributed by atoms with van der Waals surface area (Å²) in [6, 6.07) is 40.9. The van der Waals surface area contributed by atoms with Crippen molar-refractivity contribution in [3.63, 3.8) is 0 Å². The summed E-state index contributed by atoms with van der Waals surface area (Å²) < 4.78 is 11.6. The fourth-order valence-corrected chi connectivity index (χ4v) is 5.16. The van der Waals surface area contributed by atoms with Gasteiger partial charge in [-0.05, 0) is 48.5 Å². The predicted octanol–water partition coefficient (Wildman–Crippen LogP) is 10.3. The van der Waals surface area contributed by atoms with Crippen molar-refractivity contribution in [3.05, 3.63) is 177 Å². The van der Waals surface area contributed by atoms with Gasteiger partial charge in [0.15, 0.2) is 0 Å². The number of hydrogen-bond acceptors (Lipinski definition) is 12. The Balaban J connectivity index is 1.22. The first-order valence-corrected chi connectivity index (χ1v) is 16.8. The van der Waals surface area contributed by atoms with Crippen LogP contribution in [0.5, 0.6) is 11.5 Å². The Morgan fingerprint density at radius 2 is 0.893 bits per heavy atom. The van der Waals surface area contributed by atoms with Crippen LogP contribution in [0, 0.1) is 20.2 Å². The Labute approximate surface area is 319 Å². The van der Waals surface area contributed by atoms with Crippen molar-refractivity contribution in [1.29, 1.82) is 0 Å². The van der Waals surface area contributed by atoms with Crippen molar-refractivity contribution in [2.45, 2.75) is 0 Å². The highest BCUT2D eigenvalue weighted by atomic mass is 16.6. The molecule has 0 atom stereocenters. The number of rotatable bonds is 13. The van der Waals surface area contributed by atoms with E-state index in [4.69, 9.17) is 9.47 Å². The minimum absolute atomic E-state index is 0.0461. The van der Waals surface area contributed by atoms with Gasteiger partial charge in [-0.25, -0.2) is 0 Å². The number of benzene rings is 6. The van der Waals surface area contributed by atoms with E-state index < -0.39 is 9.85 Å². The number of nitrogens with zero attached hydrogens (tertiary/aromatic N) is 8. The van der Waals surface area contributed by atoms with E-state index in [9.17, 15) is 20.2 Å². The zero-order chi connectivity index (χ0) is 39.3. The van der Waals surface area contributed by atoms with Gasteiger partial charge in [-0.1, -0.05) is 60.7 Å². The molecular weight excluding hydrogens is 717 g/mol. The van der Waals surface area contributed by atoms with Crippen molar-refractivity contribution in [1.82, 2.24) is 0 Å². The van der Waals surface area contributed by atoms with Gasteiger partial charge in [0.2, 0.25) is 11.7 Å². The smallest absolute Gasteiger partial charge is 0.269 e. The van der Waals surface area contributed by atoms with Gasteiger partial charge < -0.3 is 9.47 Å². The third-order valence-electron chi connectivity index (χ3n) is 7.98. The number of anilines is 2. The lowest BCUT2D eigenvalue weighted by Gasteiger charge is -2.15. The molecule has 16 nitrogen and oxygen atoms in total. The molecule has 278 valence electrons. The summed E-state index contributed by atoms with van der Waals surface area (Å²) in [4.78, 5) is 21.1. The molecule has 0 aromatic heterocycles. The quantitative estimate of drug-likeness (QED) is 0.0381. The molecule has 6 aromatic carbocycles. The molecule has 0 amide bonds. The van der Waals surface area contributed by atoms with Crippen LogP contribution in [0.1, 0.15) is 11.1 Å². The van der Waals surface area contributed by atoms with Crippen LogP contribution in [0.15, 0.2) is 176 Å². The maximum absolute atomic E-state index is 11.0. The molecule has 0 radical (unpaired) electrons. The number of nitro groups is 2. The number of nitrogens with one attached hydrogen (secondary N) is 2. The molecule has 0 spiro atoms. The van der Waals surface area contributed by atoms with E-state index in [0.29, 0.717) is 45.4 Å². The Hall–Kier alpha value is -8.14. The van der Waals surface area contributed by atoms with E-state index in [1.807, 2.05) is 84.9 Å². The number of methoxy groups -OCH3 is 2. The van der Waals surface area contributed by atoms with Crippen molar-refractivity contribution >= 4 is 45.8 Å². The highest BCUT2D eigenvalue weighted by molar-refractivity contribution is 6.00. The summed E-state index contributed by atoms with van der Waals surface area (Å²) in [7, 11) is 3.13.